The van der Waals surface area contributed by atoms with Gasteiger partial charge in [0.05, 0.1) is 15.5 Å². The van der Waals surface area contributed by atoms with Crippen LogP contribution in [0.3, 0.4) is 0 Å². The van der Waals surface area contributed by atoms with Gasteiger partial charge in [0.2, 0.25) is 0 Å². The van der Waals surface area contributed by atoms with Gasteiger partial charge in [0.25, 0.3) is 11.6 Å². The number of nitro benzene ring substituents is 1. The molecule has 2 aromatic carbocycles. The van der Waals surface area contributed by atoms with Gasteiger partial charge in [-0.3, -0.25) is 14.9 Å². The molecule has 1 atom stereocenters. The Morgan fingerprint density at radius 1 is 1.22 bits per heavy atom. The number of rotatable bonds is 8. The molecule has 1 N–H and O–H groups in total. The monoisotopic (exact) mass is 390 g/mol. The zero-order chi connectivity index (χ0) is 19.8. The fraction of sp³-hybridized carbons (Fsp3) is 0.263. The Balaban J connectivity index is 1.79. The number of halogens is 1. The summed E-state index contributed by atoms with van der Waals surface area (Å²) in [5.41, 5.74) is 0.909. The van der Waals surface area contributed by atoms with Crippen molar-refractivity contribution in [2.24, 2.45) is 0 Å². The summed E-state index contributed by atoms with van der Waals surface area (Å²) < 4.78 is 4.93. The Bertz CT molecular complexity index is 826. The van der Waals surface area contributed by atoms with Crippen LogP contribution in [-0.2, 0) is 16.0 Å². The molecule has 2 aromatic rings. The third kappa shape index (κ3) is 6.38. The molecule has 0 aromatic heterocycles. The Morgan fingerprint density at radius 2 is 1.93 bits per heavy atom. The van der Waals surface area contributed by atoms with Crippen molar-refractivity contribution < 1.29 is 19.2 Å². The summed E-state index contributed by atoms with van der Waals surface area (Å²) in [6, 6.07) is 13.2. The summed E-state index contributed by atoms with van der Waals surface area (Å²) in [6.45, 7) is 1.41. The predicted octanol–water partition coefficient (Wildman–Crippen LogP) is 3.54. The molecule has 0 radical (unpaired) electrons. The molecule has 0 bridgehead atoms. The molecule has 0 unspecified atom stereocenters. The van der Waals surface area contributed by atoms with Crippen LogP contribution in [0.5, 0.6) is 0 Å². The van der Waals surface area contributed by atoms with Crippen molar-refractivity contribution >= 4 is 29.2 Å². The molecule has 0 aliphatic carbocycles. The molecule has 142 valence electrons. The third-order valence-electron chi connectivity index (χ3n) is 3.83. The summed E-state index contributed by atoms with van der Waals surface area (Å²) in [6.07, 6.45) is 1.57. The van der Waals surface area contributed by atoms with Crippen LogP contribution in [-0.4, -0.2) is 29.4 Å². The summed E-state index contributed by atoms with van der Waals surface area (Å²) >= 11 is 5.86. The maximum Gasteiger partial charge on any atom is 0.340 e. The second kappa shape index (κ2) is 9.68. The van der Waals surface area contributed by atoms with E-state index in [4.69, 9.17) is 16.3 Å². The highest BCUT2D eigenvalue weighted by molar-refractivity contribution is 6.33. The Hall–Kier alpha value is -2.93. The van der Waals surface area contributed by atoms with Crippen LogP contribution >= 0.6 is 11.6 Å². The minimum absolute atomic E-state index is 0.0350. The molecule has 0 fully saturated rings. The van der Waals surface area contributed by atoms with Crippen molar-refractivity contribution in [3.8, 4) is 0 Å². The van der Waals surface area contributed by atoms with Gasteiger partial charge in [0, 0.05) is 18.2 Å². The van der Waals surface area contributed by atoms with E-state index in [9.17, 15) is 19.7 Å². The first-order valence-electron chi connectivity index (χ1n) is 8.31. The molecule has 0 spiro atoms. The van der Waals surface area contributed by atoms with Crippen molar-refractivity contribution in [3.63, 3.8) is 0 Å². The third-order valence-corrected chi connectivity index (χ3v) is 4.15. The smallest absolute Gasteiger partial charge is 0.340 e. The molecule has 0 saturated carbocycles. The van der Waals surface area contributed by atoms with Gasteiger partial charge in [-0.1, -0.05) is 41.9 Å². The average molecular weight is 391 g/mol. The van der Waals surface area contributed by atoms with Gasteiger partial charge in [0.1, 0.15) is 0 Å². The van der Waals surface area contributed by atoms with E-state index in [0.717, 1.165) is 25.0 Å². The lowest BCUT2D eigenvalue weighted by atomic mass is 10.1. The lowest BCUT2D eigenvalue weighted by Crippen LogP contribution is -2.36. The number of non-ortho nitro benzene ring substituents is 1. The number of aryl methyl sites for hydroxylation is 1. The van der Waals surface area contributed by atoms with Gasteiger partial charge < -0.3 is 10.1 Å². The van der Waals surface area contributed by atoms with Crippen molar-refractivity contribution in [1.29, 1.82) is 0 Å². The van der Waals surface area contributed by atoms with E-state index >= 15 is 0 Å². The van der Waals surface area contributed by atoms with Crippen molar-refractivity contribution in [2.45, 2.75) is 25.8 Å². The van der Waals surface area contributed by atoms with E-state index < -0.39 is 23.4 Å². The van der Waals surface area contributed by atoms with Crippen LogP contribution in [0.1, 0.15) is 29.3 Å². The number of amides is 1. The topological polar surface area (TPSA) is 98.5 Å². The first-order chi connectivity index (χ1) is 12.9. The van der Waals surface area contributed by atoms with Crippen LogP contribution in [0, 0.1) is 10.1 Å². The highest BCUT2D eigenvalue weighted by Gasteiger charge is 2.17. The molecule has 1 amide bonds. The van der Waals surface area contributed by atoms with Gasteiger partial charge >= 0.3 is 5.97 Å². The minimum atomic E-state index is -0.818. The largest absolute Gasteiger partial charge is 0.452 e. The number of carbonyl (C=O) groups excluding carboxylic acids is 2. The summed E-state index contributed by atoms with van der Waals surface area (Å²) in [5.74, 6) is -1.25. The molecular formula is C19H19ClN2O5. The number of ether oxygens (including phenoxy) is 1. The fourth-order valence-electron chi connectivity index (χ4n) is 2.41. The first-order valence-corrected chi connectivity index (χ1v) is 8.69. The molecule has 0 aliphatic rings. The van der Waals surface area contributed by atoms with Crippen LogP contribution < -0.4 is 5.32 Å². The highest BCUT2D eigenvalue weighted by atomic mass is 35.5. The molecule has 8 heteroatoms. The molecule has 0 heterocycles. The summed E-state index contributed by atoms with van der Waals surface area (Å²) in [4.78, 5) is 34.0. The Morgan fingerprint density at radius 3 is 2.56 bits per heavy atom. The number of carbonyl (C=O) groups is 2. The predicted molar refractivity (Wildman–Crippen MR) is 101 cm³/mol. The number of nitrogens with zero attached hydrogens (tertiary/aromatic N) is 1. The van der Waals surface area contributed by atoms with Gasteiger partial charge in [-0.25, -0.2) is 4.79 Å². The van der Waals surface area contributed by atoms with Gasteiger partial charge in [-0.15, -0.1) is 0 Å². The fourth-order valence-corrected chi connectivity index (χ4v) is 2.66. The van der Waals surface area contributed by atoms with E-state index in [1.807, 2.05) is 37.3 Å². The molecule has 27 heavy (non-hydrogen) atoms. The molecular weight excluding hydrogens is 372 g/mol. The van der Waals surface area contributed by atoms with E-state index in [1.54, 1.807) is 0 Å². The number of esters is 1. The number of benzene rings is 2. The number of nitro groups is 1. The van der Waals surface area contributed by atoms with Gasteiger partial charge in [-0.2, -0.15) is 0 Å². The molecule has 7 nitrogen and oxygen atoms in total. The van der Waals surface area contributed by atoms with E-state index in [2.05, 4.69) is 5.32 Å². The van der Waals surface area contributed by atoms with Gasteiger partial charge in [-0.05, 0) is 31.4 Å². The van der Waals surface area contributed by atoms with Crippen molar-refractivity contribution in [2.75, 3.05) is 6.61 Å². The van der Waals surface area contributed by atoms with Crippen LogP contribution in [0.4, 0.5) is 5.69 Å². The maximum atomic E-state index is 12.0. The first kappa shape index (κ1) is 20.4. The normalized spacial score (nSPS) is 11.5. The van der Waals surface area contributed by atoms with Gasteiger partial charge in [0.15, 0.2) is 6.61 Å². The molecule has 0 saturated heterocycles. The second-order valence-electron chi connectivity index (χ2n) is 5.99. The molecule has 0 aliphatic heterocycles. The van der Waals surface area contributed by atoms with E-state index in [0.29, 0.717) is 0 Å². The molecule has 2 rings (SSSR count). The second-order valence-corrected chi connectivity index (χ2v) is 6.40. The SMILES string of the molecule is C[C@@H](CCc1ccccc1)NC(=O)COC(=O)c1ccc([N+](=O)[O-])cc1Cl. The number of nitrogens with one attached hydrogen (secondary N) is 1. The van der Waals surface area contributed by atoms with Crippen LogP contribution in [0.2, 0.25) is 5.02 Å². The van der Waals surface area contributed by atoms with Crippen LogP contribution in [0.15, 0.2) is 48.5 Å². The lowest BCUT2D eigenvalue weighted by molar-refractivity contribution is -0.384. The number of hydrogen-bond acceptors (Lipinski definition) is 5. The minimum Gasteiger partial charge on any atom is -0.452 e. The summed E-state index contributed by atoms with van der Waals surface area (Å²) in [7, 11) is 0. The highest BCUT2D eigenvalue weighted by Crippen LogP contribution is 2.23. The Labute approximate surface area is 161 Å². The summed E-state index contributed by atoms with van der Waals surface area (Å²) in [5, 5.41) is 13.3. The zero-order valence-corrected chi connectivity index (χ0v) is 15.4. The quantitative estimate of drug-likeness (QED) is 0.422. The average Bonchev–Trinajstić information content (AvgIpc) is 2.65. The van der Waals surface area contributed by atoms with Crippen LogP contribution in [0.25, 0.3) is 0 Å². The van der Waals surface area contributed by atoms with Crippen molar-refractivity contribution in [3.05, 3.63) is 74.8 Å². The maximum absolute atomic E-state index is 12.0. The Kier molecular flexibility index (Phi) is 7.31. The zero-order valence-electron chi connectivity index (χ0n) is 14.7. The van der Waals surface area contributed by atoms with E-state index in [-0.39, 0.29) is 22.3 Å². The number of hydrogen-bond donors (Lipinski definition) is 1. The van der Waals surface area contributed by atoms with Crippen molar-refractivity contribution in [1.82, 2.24) is 5.32 Å². The lowest BCUT2D eigenvalue weighted by Gasteiger charge is -2.14. The van der Waals surface area contributed by atoms with E-state index in [1.165, 1.54) is 11.6 Å². The standard InChI is InChI=1S/C19H19ClN2O5/c1-13(7-8-14-5-3-2-4-6-14)21-18(23)12-27-19(24)16-10-9-15(22(25)26)11-17(16)20/h2-6,9-11,13H,7-8,12H2,1H3,(H,21,23)/t13-/m0/s1.